The van der Waals surface area contributed by atoms with E-state index in [0.717, 1.165) is 27.6 Å². The maximum atomic E-state index is 12.4. The third-order valence-electron chi connectivity index (χ3n) is 5.99. The SMILES string of the molecule is COc1cc(-c2cn(COC(=O)C(C)(C)C)c3ncc(-c4cncc(NC(=O)C=CCN(C)C)c4)cc23)ccn1. The molecule has 0 radical (unpaired) electrons. The number of hydrogen-bond donors (Lipinski definition) is 1. The summed E-state index contributed by atoms with van der Waals surface area (Å²) in [6.07, 6.45) is 11.9. The molecule has 4 rings (SSSR count). The molecular formula is C30H34N6O4. The van der Waals surface area contributed by atoms with E-state index in [1.54, 1.807) is 42.5 Å². The van der Waals surface area contributed by atoms with Gasteiger partial charge in [-0.2, -0.15) is 0 Å². The van der Waals surface area contributed by atoms with Gasteiger partial charge in [-0.05, 0) is 58.6 Å². The number of hydrogen-bond acceptors (Lipinski definition) is 8. The first-order chi connectivity index (χ1) is 19.0. The minimum absolute atomic E-state index is 0.0194. The lowest BCUT2D eigenvalue weighted by Crippen LogP contribution is -2.23. The summed E-state index contributed by atoms with van der Waals surface area (Å²) >= 11 is 0. The van der Waals surface area contributed by atoms with Crippen LogP contribution in [0, 0.1) is 5.41 Å². The van der Waals surface area contributed by atoms with Crippen molar-refractivity contribution in [2.75, 3.05) is 33.1 Å². The summed E-state index contributed by atoms with van der Waals surface area (Å²) in [6.45, 7) is 6.12. The summed E-state index contributed by atoms with van der Waals surface area (Å²) < 4.78 is 12.7. The number of amides is 1. The fraction of sp³-hybridized carbons (Fsp3) is 0.300. The molecule has 1 amide bonds. The van der Waals surface area contributed by atoms with Crippen LogP contribution < -0.4 is 10.1 Å². The standard InChI is InChI=1S/C30H34N6O4/c1-30(2,3)29(38)40-19-36-18-25(20-9-10-32-27(14-20)39-6)24-13-22(16-33-28(24)36)21-12-23(17-31-15-21)34-26(37)8-7-11-35(4)5/h7-10,12-18H,11,19H2,1-6H3,(H,34,37). The molecule has 0 saturated carbocycles. The second kappa shape index (κ2) is 12.1. The van der Waals surface area contributed by atoms with Gasteiger partial charge in [0.05, 0.1) is 24.4 Å². The van der Waals surface area contributed by atoms with Gasteiger partial charge in [0.15, 0.2) is 6.73 Å². The number of aromatic nitrogens is 4. The van der Waals surface area contributed by atoms with Gasteiger partial charge in [-0.1, -0.05) is 6.08 Å². The van der Waals surface area contributed by atoms with Crippen molar-refractivity contribution in [1.82, 2.24) is 24.4 Å². The van der Waals surface area contributed by atoms with Gasteiger partial charge in [0, 0.05) is 65.6 Å². The first-order valence-electron chi connectivity index (χ1n) is 12.8. The second-order valence-corrected chi connectivity index (χ2v) is 10.6. The van der Waals surface area contributed by atoms with Crippen molar-refractivity contribution >= 4 is 28.6 Å². The van der Waals surface area contributed by atoms with E-state index < -0.39 is 5.41 Å². The number of fused-ring (bicyclic) bond motifs is 1. The lowest BCUT2D eigenvalue weighted by Gasteiger charge is -2.17. The number of nitrogens with zero attached hydrogens (tertiary/aromatic N) is 5. The number of carbonyl (C=O) groups excluding carboxylic acids is 2. The smallest absolute Gasteiger partial charge is 0.312 e. The van der Waals surface area contributed by atoms with Crippen molar-refractivity contribution in [2.24, 2.45) is 5.41 Å². The Kier molecular flexibility index (Phi) is 8.59. The van der Waals surface area contributed by atoms with Crippen LogP contribution >= 0.6 is 0 Å². The topological polar surface area (TPSA) is 111 Å². The zero-order chi connectivity index (χ0) is 28.9. The van der Waals surface area contributed by atoms with Crippen molar-refractivity contribution in [2.45, 2.75) is 27.5 Å². The molecule has 0 aliphatic rings. The average molecular weight is 543 g/mol. The lowest BCUT2D eigenvalue weighted by atomic mass is 9.98. The molecule has 0 atom stereocenters. The summed E-state index contributed by atoms with van der Waals surface area (Å²) in [5, 5.41) is 3.70. The molecule has 0 unspecified atom stereocenters. The third kappa shape index (κ3) is 6.89. The third-order valence-corrected chi connectivity index (χ3v) is 5.99. The monoisotopic (exact) mass is 542 g/mol. The van der Waals surface area contributed by atoms with Crippen LogP contribution in [0.5, 0.6) is 5.88 Å². The first-order valence-corrected chi connectivity index (χ1v) is 12.8. The van der Waals surface area contributed by atoms with Crippen molar-refractivity contribution in [3.05, 3.63) is 67.4 Å². The molecule has 4 aromatic rings. The highest BCUT2D eigenvalue weighted by Crippen LogP contribution is 2.34. The van der Waals surface area contributed by atoms with Gasteiger partial charge < -0.3 is 19.7 Å². The molecular weight excluding hydrogens is 508 g/mol. The Morgan fingerprint density at radius 2 is 1.82 bits per heavy atom. The number of esters is 1. The quantitative estimate of drug-likeness (QED) is 0.238. The molecule has 0 spiro atoms. The summed E-state index contributed by atoms with van der Waals surface area (Å²) in [5.41, 5.74) is 3.95. The highest BCUT2D eigenvalue weighted by molar-refractivity contribution is 6.00. The average Bonchev–Trinajstić information content (AvgIpc) is 3.29. The number of pyridine rings is 3. The van der Waals surface area contributed by atoms with Crippen molar-refractivity contribution in [3.63, 3.8) is 0 Å². The van der Waals surface area contributed by atoms with Gasteiger partial charge in [-0.15, -0.1) is 0 Å². The van der Waals surface area contributed by atoms with Crippen LogP contribution in [0.3, 0.4) is 0 Å². The van der Waals surface area contributed by atoms with Gasteiger partial charge in [0.25, 0.3) is 0 Å². The van der Waals surface area contributed by atoms with E-state index in [2.05, 4.69) is 15.3 Å². The molecule has 0 aromatic carbocycles. The van der Waals surface area contributed by atoms with Crippen molar-refractivity contribution in [3.8, 4) is 28.1 Å². The van der Waals surface area contributed by atoms with Gasteiger partial charge in [0.1, 0.15) is 5.65 Å². The van der Waals surface area contributed by atoms with Crippen LogP contribution in [0.1, 0.15) is 20.8 Å². The molecule has 10 nitrogen and oxygen atoms in total. The highest BCUT2D eigenvalue weighted by atomic mass is 16.5. The van der Waals surface area contributed by atoms with E-state index >= 15 is 0 Å². The number of carbonyl (C=O) groups is 2. The fourth-order valence-corrected chi connectivity index (χ4v) is 3.91. The van der Waals surface area contributed by atoms with E-state index in [1.807, 2.05) is 70.2 Å². The Morgan fingerprint density at radius 1 is 1.05 bits per heavy atom. The van der Waals surface area contributed by atoms with Crippen molar-refractivity contribution < 1.29 is 19.1 Å². The van der Waals surface area contributed by atoms with E-state index in [9.17, 15) is 9.59 Å². The molecule has 0 bridgehead atoms. The molecule has 10 heteroatoms. The first kappa shape index (κ1) is 28.4. The Bertz CT molecular complexity index is 1550. The van der Waals surface area contributed by atoms with E-state index in [4.69, 9.17) is 14.5 Å². The van der Waals surface area contributed by atoms with Crippen LogP contribution in [0.4, 0.5) is 5.69 Å². The molecule has 0 fully saturated rings. The molecule has 1 N–H and O–H groups in total. The van der Waals surface area contributed by atoms with Crippen LogP contribution in [-0.2, 0) is 21.1 Å². The predicted molar refractivity (Wildman–Crippen MR) is 155 cm³/mol. The molecule has 4 aromatic heterocycles. The second-order valence-electron chi connectivity index (χ2n) is 10.6. The maximum Gasteiger partial charge on any atom is 0.312 e. The predicted octanol–water partition coefficient (Wildman–Crippen LogP) is 4.77. The fourth-order valence-electron chi connectivity index (χ4n) is 3.91. The number of likely N-dealkylation sites (N-methyl/N-ethyl adjacent to an activating group) is 1. The summed E-state index contributed by atoms with van der Waals surface area (Å²) in [5.74, 6) is -0.0567. The van der Waals surface area contributed by atoms with Gasteiger partial charge in [-0.3, -0.25) is 19.1 Å². The molecule has 4 heterocycles. The van der Waals surface area contributed by atoms with Gasteiger partial charge in [-0.25, -0.2) is 9.97 Å². The number of methoxy groups -OCH3 is 1. The normalized spacial score (nSPS) is 11.8. The van der Waals surface area contributed by atoms with Crippen LogP contribution in [0.25, 0.3) is 33.3 Å². The molecule has 0 saturated heterocycles. The number of nitrogens with one attached hydrogen (secondary N) is 1. The zero-order valence-electron chi connectivity index (χ0n) is 23.6. The van der Waals surface area contributed by atoms with Crippen LogP contribution in [-0.4, -0.2) is 64.0 Å². The Hall–Kier alpha value is -4.57. The number of anilines is 1. The molecule has 40 heavy (non-hydrogen) atoms. The minimum atomic E-state index is -0.625. The Labute approximate surface area is 233 Å². The highest BCUT2D eigenvalue weighted by Gasteiger charge is 2.24. The summed E-state index contributed by atoms with van der Waals surface area (Å²) in [7, 11) is 5.44. The number of rotatable bonds is 9. The summed E-state index contributed by atoms with van der Waals surface area (Å²) in [6, 6.07) is 7.59. The molecule has 208 valence electrons. The van der Waals surface area contributed by atoms with E-state index in [0.29, 0.717) is 23.8 Å². The van der Waals surface area contributed by atoms with Gasteiger partial charge in [0.2, 0.25) is 11.8 Å². The van der Waals surface area contributed by atoms with Gasteiger partial charge >= 0.3 is 5.97 Å². The number of ether oxygens (including phenoxy) is 2. The largest absolute Gasteiger partial charge is 0.481 e. The maximum absolute atomic E-state index is 12.4. The summed E-state index contributed by atoms with van der Waals surface area (Å²) in [4.78, 5) is 40.0. The Balaban J connectivity index is 1.70. The minimum Gasteiger partial charge on any atom is -0.481 e. The Morgan fingerprint density at radius 3 is 2.55 bits per heavy atom. The van der Waals surface area contributed by atoms with E-state index in [1.165, 1.54) is 6.08 Å². The van der Waals surface area contributed by atoms with Crippen molar-refractivity contribution in [1.29, 1.82) is 0 Å². The van der Waals surface area contributed by atoms with Crippen LogP contribution in [0.15, 0.2) is 67.4 Å². The lowest BCUT2D eigenvalue weighted by molar-refractivity contribution is -0.156. The van der Waals surface area contributed by atoms with Crippen LogP contribution in [0.2, 0.25) is 0 Å². The molecule has 0 aliphatic carbocycles. The van der Waals surface area contributed by atoms with E-state index in [-0.39, 0.29) is 18.6 Å². The zero-order valence-corrected chi connectivity index (χ0v) is 23.6. The molecule has 0 aliphatic heterocycles.